The SMILES string of the molecule is CCCCC1=NN2C(=N)C(=Cc3cc(C)n(-c4ccccc4OCC)c3C)C(=O)N=C2S1. The first-order valence-corrected chi connectivity index (χ1v) is 11.7. The number of unbranched alkanes of at least 4 members (excludes halogenated alkanes) is 1. The van der Waals surface area contributed by atoms with Crippen molar-refractivity contribution in [3.05, 3.63) is 52.9 Å². The number of aryl methyl sites for hydroxylation is 1. The number of hydrazone groups is 1. The predicted octanol–water partition coefficient (Wildman–Crippen LogP) is 5.30. The summed E-state index contributed by atoms with van der Waals surface area (Å²) in [5, 5.41) is 16.0. The van der Waals surface area contributed by atoms with Crippen LogP contribution >= 0.6 is 11.8 Å². The van der Waals surface area contributed by atoms with E-state index in [4.69, 9.17) is 10.1 Å². The van der Waals surface area contributed by atoms with E-state index in [1.165, 1.54) is 16.8 Å². The molecule has 32 heavy (non-hydrogen) atoms. The normalized spacial score (nSPS) is 17.0. The number of benzene rings is 1. The Bertz CT molecular complexity index is 1180. The molecule has 2 aliphatic heterocycles. The smallest absolute Gasteiger partial charge is 0.283 e. The molecule has 3 heterocycles. The Morgan fingerprint density at radius 2 is 2.00 bits per heavy atom. The Morgan fingerprint density at radius 1 is 1.22 bits per heavy atom. The number of carbonyl (C=O) groups excluding carboxylic acids is 1. The number of amidine groups is 2. The van der Waals surface area contributed by atoms with Gasteiger partial charge in [0.25, 0.3) is 5.91 Å². The topological polar surface area (TPSA) is 83.0 Å². The van der Waals surface area contributed by atoms with Crippen molar-refractivity contribution in [2.24, 2.45) is 10.1 Å². The largest absolute Gasteiger partial charge is 0.492 e. The van der Waals surface area contributed by atoms with Gasteiger partial charge in [0.15, 0.2) is 5.84 Å². The van der Waals surface area contributed by atoms with Crippen molar-refractivity contribution in [1.29, 1.82) is 5.41 Å². The lowest BCUT2D eigenvalue weighted by atomic mass is 10.1. The molecule has 0 radical (unpaired) electrons. The quantitative estimate of drug-likeness (QED) is 0.581. The number of nitrogens with one attached hydrogen (secondary N) is 1. The highest BCUT2D eigenvalue weighted by molar-refractivity contribution is 8.26. The van der Waals surface area contributed by atoms with Crippen LogP contribution in [0.15, 0.2) is 46.0 Å². The average Bonchev–Trinajstić information content (AvgIpc) is 3.30. The van der Waals surface area contributed by atoms with Crippen molar-refractivity contribution < 1.29 is 9.53 Å². The van der Waals surface area contributed by atoms with Crippen LogP contribution in [-0.4, -0.2) is 38.1 Å². The van der Waals surface area contributed by atoms with E-state index < -0.39 is 5.91 Å². The van der Waals surface area contributed by atoms with Gasteiger partial charge in [-0.15, -0.1) is 0 Å². The third-order valence-electron chi connectivity index (χ3n) is 5.42. The molecule has 1 aromatic heterocycles. The van der Waals surface area contributed by atoms with Gasteiger partial charge in [0.1, 0.15) is 10.8 Å². The summed E-state index contributed by atoms with van der Waals surface area (Å²) in [7, 11) is 0. The number of para-hydroxylation sites is 2. The van der Waals surface area contributed by atoms with E-state index in [0.29, 0.717) is 11.8 Å². The van der Waals surface area contributed by atoms with E-state index in [2.05, 4.69) is 21.6 Å². The number of ether oxygens (including phenoxy) is 1. The number of fused-ring (bicyclic) bond motifs is 1. The van der Waals surface area contributed by atoms with E-state index >= 15 is 0 Å². The standard InChI is InChI=1S/C24H27N5O2S/c1-5-7-12-21-27-29-22(25)18(23(30)26-24(29)32-21)14-17-13-15(3)28(16(17)4)19-10-8-9-11-20(19)31-6-2/h8-11,13-14,25H,5-7,12H2,1-4H3. The molecule has 8 heteroatoms. The summed E-state index contributed by atoms with van der Waals surface area (Å²) in [6.45, 7) is 8.68. The molecular weight excluding hydrogens is 422 g/mol. The molecule has 1 aromatic carbocycles. The number of thioether (sulfide) groups is 1. The summed E-state index contributed by atoms with van der Waals surface area (Å²) in [6, 6.07) is 9.91. The molecule has 0 aliphatic carbocycles. The molecule has 4 rings (SSSR count). The van der Waals surface area contributed by atoms with E-state index in [9.17, 15) is 4.79 Å². The van der Waals surface area contributed by atoms with E-state index in [1.54, 1.807) is 6.08 Å². The molecular formula is C24H27N5O2S. The number of hydrogen-bond acceptors (Lipinski definition) is 5. The van der Waals surface area contributed by atoms with Gasteiger partial charge in [-0.1, -0.05) is 25.5 Å². The second-order valence-electron chi connectivity index (χ2n) is 7.68. The molecule has 1 amide bonds. The van der Waals surface area contributed by atoms with Gasteiger partial charge in [-0.3, -0.25) is 10.2 Å². The van der Waals surface area contributed by atoms with Crippen LogP contribution in [0.3, 0.4) is 0 Å². The number of aromatic nitrogens is 1. The van der Waals surface area contributed by atoms with Crippen LogP contribution in [0.25, 0.3) is 11.8 Å². The van der Waals surface area contributed by atoms with Gasteiger partial charge in [-0.2, -0.15) is 15.1 Å². The lowest BCUT2D eigenvalue weighted by Gasteiger charge is -2.20. The molecule has 0 atom stereocenters. The maximum atomic E-state index is 12.8. The molecule has 1 N–H and O–H groups in total. The number of hydrogen-bond donors (Lipinski definition) is 1. The Kier molecular flexibility index (Phi) is 6.32. The third kappa shape index (κ3) is 4.02. The molecule has 2 aliphatic rings. The molecule has 0 bridgehead atoms. The zero-order valence-corrected chi connectivity index (χ0v) is 19.6. The number of aliphatic imine (C=N–C) groups is 1. The zero-order valence-electron chi connectivity index (χ0n) is 18.8. The van der Waals surface area contributed by atoms with E-state index in [-0.39, 0.29) is 11.4 Å². The van der Waals surface area contributed by atoms with Crippen LogP contribution in [0.4, 0.5) is 0 Å². The minimum Gasteiger partial charge on any atom is -0.492 e. The molecule has 7 nitrogen and oxygen atoms in total. The number of rotatable bonds is 7. The van der Waals surface area contributed by atoms with Crippen molar-refractivity contribution in [1.82, 2.24) is 9.58 Å². The van der Waals surface area contributed by atoms with Gasteiger partial charge in [0, 0.05) is 11.4 Å². The van der Waals surface area contributed by atoms with Crippen LogP contribution in [0.5, 0.6) is 5.75 Å². The van der Waals surface area contributed by atoms with Crippen LogP contribution in [0.1, 0.15) is 50.1 Å². The fourth-order valence-electron chi connectivity index (χ4n) is 3.84. The molecule has 0 fully saturated rings. The van der Waals surface area contributed by atoms with Crippen molar-refractivity contribution in [2.45, 2.75) is 47.0 Å². The highest BCUT2D eigenvalue weighted by Gasteiger charge is 2.35. The third-order valence-corrected chi connectivity index (χ3v) is 6.38. The minimum atomic E-state index is -0.403. The monoisotopic (exact) mass is 449 g/mol. The van der Waals surface area contributed by atoms with E-state index in [1.807, 2.05) is 51.1 Å². The molecule has 2 aromatic rings. The van der Waals surface area contributed by atoms with Crippen molar-refractivity contribution in [3.8, 4) is 11.4 Å². The van der Waals surface area contributed by atoms with Crippen LogP contribution in [0.2, 0.25) is 0 Å². The van der Waals surface area contributed by atoms with Gasteiger partial charge in [0.05, 0.1) is 17.9 Å². The van der Waals surface area contributed by atoms with Crippen molar-refractivity contribution in [2.75, 3.05) is 6.61 Å². The number of nitrogens with zero attached hydrogens (tertiary/aromatic N) is 4. The summed E-state index contributed by atoms with van der Waals surface area (Å²) in [6.07, 6.45) is 4.66. The van der Waals surface area contributed by atoms with Gasteiger partial charge in [-0.05, 0) is 75.2 Å². The van der Waals surface area contributed by atoms with Gasteiger partial charge in [0.2, 0.25) is 5.17 Å². The first-order chi connectivity index (χ1) is 15.4. The van der Waals surface area contributed by atoms with Crippen LogP contribution in [0, 0.1) is 19.3 Å². The second kappa shape index (κ2) is 9.16. The minimum absolute atomic E-state index is 0.0681. The van der Waals surface area contributed by atoms with E-state index in [0.717, 1.165) is 52.7 Å². The van der Waals surface area contributed by atoms with Gasteiger partial charge in [-0.25, -0.2) is 0 Å². The predicted molar refractivity (Wildman–Crippen MR) is 131 cm³/mol. The molecule has 166 valence electrons. The molecule has 0 unspecified atom stereocenters. The fourth-order valence-corrected chi connectivity index (χ4v) is 4.77. The summed E-state index contributed by atoms with van der Waals surface area (Å²) in [5.74, 6) is 0.466. The summed E-state index contributed by atoms with van der Waals surface area (Å²) in [5.41, 5.74) is 4.02. The molecule has 0 saturated carbocycles. The Hall–Kier alpha value is -3.13. The first-order valence-electron chi connectivity index (χ1n) is 10.8. The summed E-state index contributed by atoms with van der Waals surface area (Å²) < 4.78 is 7.92. The summed E-state index contributed by atoms with van der Waals surface area (Å²) >= 11 is 1.38. The highest BCUT2D eigenvalue weighted by atomic mass is 32.2. The zero-order chi connectivity index (χ0) is 22.8. The Labute approximate surface area is 192 Å². The lowest BCUT2D eigenvalue weighted by Crippen LogP contribution is -2.35. The average molecular weight is 450 g/mol. The maximum Gasteiger partial charge on any atom is 0.283 e. The van der Waals surface area contributed by atoms with Crippen LogP contribution < -0.4 is 4.74 Å². The second-order valence-corrected chi connectivity index (χ2v) is 8.72. The molecule has 0 spiro atoms. The summed E-state index contributed by atoms with van der Waals surface area (Å²) in [4.78, 5) is 17.0. The van der Waals surface area contributed by atoms with Crippen LogP contribution in [-0.2, 0) is 4.79 Å². The lowest BCUT2D eigenvalue weighted by molar-refractivity contribution is -0.114. The number of carbonyl (C=O) groups is 1. The maximum absolute atomic E-state index is 12.8. The van der Waals surface area contributed by atoms with Gasteiger partial charge < -0.3 is 9.30 Å². The van der Waals surface area contributed by atoms with Crippen molar-refractivity contribution >= 4 is 39.8 Å². The Morgan fingerprint density at radius 3 is 2.75 bits per heavy atom. The fraction of sp³-hybridized carbons (Fsp3) is 0.333. The van der Waals surface area contributed by atoms with Crippen molar-refractivity contribution in [3.63, 3.8) is 0 Å². The first kappa shape index (κ1) is 22.1. The highest BCUT2D eigenvalue weighted by Crippen LogP contribution is 2.32. The number of amides is 1. The Balaban J connectivity index is 1.70. The molecule has 0 saturated heterocycles. The van der Waals surface area contributed by atoms with Gasteiger partial charge >= 0.3 is 0 Å².